The van der Waals surface area contributed by atoms with Crippen molar-refractivity contribution < 1.29 is 18.7 Å². The number of ether oxygens (including phenoxy) is 2. The van der Waals surface area contributed by atoms with Gasteiger partial charge in [-0.05, 0) is 107 Å². The minimum atomic E-state index is -0.316. The van der Waals surface area contributed by atoms with Crippen molar-refractivity contribution in [3.63, 3.8) is 0 Å². The average Bonchev–Trinajstić information content (AvgIpc) is 3.34. The fraction of sp³-hybridized carbons (Fsp3) is 0.519. The van der Waals surface area contributed by atoms with Gasteiger partial charge >= 0.3 is 0 Å². The normalized spacial score (nSPS) is 23.4. The number of carbonyl (C=O) groups excluding carboxylic acids is 1. The van der Waals surface area contributed by atoms with E-state index in [4.69, 9.17) is 9.47 Å². The highest BCUT2D eigenvalue weighted by atomic mass is 19.1. The van der Waals surface area contributed by atoms with Crippen LogP contribution in [-0.2, 0) is 0 Å². The molecule has 0 bridgehead atoms. The van der Waals surface area contributed by atoms with Crippen molar-refractivity contribution in [1.29, 1.82) is 0 Å². The summed E-state index contributed by atoms with van der Waals surface area (Å²) in [6.07, 6.45) is 7.96. The minimum absolute atomic E-state index is 0.0951. The zero-order valence-electron chi connectivity index (χ0n) is 19.1. The first kappa shape index (κ1) is 22.2. The summed E-state index contributed by atoms with van der Waals surface area (Å²) in [5.74, 6) is 2.73. The molecule has 2 aromatic carbocycles. The van der Waals surface area contributed by atoms with E-state index in [-0.39, 0.29) is 17.8 Å². The zero-order valence-corrected chi connectivity index (χ0v) is 19.1. The number of carbonyl (C=O) groups is 1. The summed E-state index contributed by atoms with van der Waals surface area (Å²) in [6.45, 7) is 3.77. The molecule has 2 aromatic rings. The molecule has 3 aliphatic rings. The van der Waals surface area contributed by atoms with Crippen LogP contribution in [-0.4, -0.2) is 43.3 Å². The van der Waals surface area contributed by atoms with Crippen molar-refractivity contribution in [2.24, 2.45) is 5.92 Å². The molecular formula is C27H33FN2O3. The standard InChI is InChI=1S/C27H33FN2O3/c28-22-8-6-21(7-9-22)27(31)29-23-10-4-19(5-11-23)12-15-30-16-13-20(14-17-30)24-2-1-3-25-26(24)33-18-32-25/h1-3,6-9,19-20,23H,4-5,10-18H2,(H,29,31). The lowest BCUT2D eigenvalue weighted by Crippen LogP contribution is -2.38. The second kappa shape index (κ2) is 10.1. The van der Waals surface area contributed by atoms with Crippen LogP contribution in [0, 0.1) is 11.7 Å². The van der Waals surface area contributed by atoms with E-state index in [9.17, 15) is 9.18 Å². The molecule has 1 saturated carbocycles. The first-order valence-electron chi connectivity index (χ1n) is 12.3. The van der Waals surface area contributed by atoms with E-state index in [1.54, 1.807) is 12.1 Å². The molecular weight excluding hydrogens is 419 g/mol. The highest BCUT2D eigenvalue weighted by molar-refractivity contribution is 5.94. The summed E-state index contributed by atoms with van der Waals surface area (Å²) in [5.41, 5.74) is 1.84. The molecule has 33 heavy (non-hydrogen) atoms. The number of rotatable bonds is 6. The Labute approximate surface area is 195 Å². The molecule has 1 amide bonds. The van der Waals surface area contributed by atoms with E-state index in [1.165, 1.54) is 49.8 Å². The average molecular weight is 453 g/mol. The zero-order chi connectivity index (χ0) is 22.6. The van der Waals surface area contributed by atoms with Crippen LogP contribution in [0.25, 0.3) is 0 Å². The molecule has 0 unspecified atom stereocenters. The maximum atomic E-state index is 13.1. The summed E-state index contributed by atoms with van der Waals surface area (Å²) >= 11 is 0. The molecule has 176 valence electrons. The molecule has 2 aliphatic heterocycles. The van der Waals surface area contributed by atoms with Gasteiger partial charge in [-0.1, -0.05) is 12.1 Å². The lowest BCUT2D eigenvalue weighted by Gasteiger charge is -2.34. The lowest BCUT2D eigenvalue weighted by molar-refractivity contribution is 0.0919. The summed E-state index contributed by atoms with van der Waals surface area (Å²) in [4.78, 5) is 15.0. The molecule has 0 radical (unpaired) electrons. The van der Waals surface area contributed by atoms with Gasteiger partial charge in [0.1, 0.15) is 5.82 Å². The summed E-state index contributed by atoms with van der Waals surface area (Å²) in [5, 5.41) is 3.13. The molecule has 2 fully saturated rings. The van der Waals surface area contributed by atoms with Gasteiger partial charge in [0, 0.05) is 17.2 Å². The van der Waals surface area contributed by atoms with Gasteiger partial charge in [-0.25, -0.2) is 4.39 Å². The molecule has 0 atom stereocenters. The van der Waals surface area contributed by atoms with E-state index >= 15 is 0 Å². The minimum Gasteiger partial charge on any atom is -0.454 e. The van der Waals surface area contributed by atoms with Gasteiger partial charge in [-0.3, -0.25) is 4.79 Å². The molecule has 1 aliphatic carbocycles. The molecule has 2 heterocycles. The number of fused-ring (bicyclic) bond motifs is 1. The second-order valence-corrected chi connectivity index (χ2v) is 9.68. The highest BCUT2D eigenvalue weighted by Crippen LogP contribution is 2.42. The third kappa shape index (κ3) is 5.32. The van der Waals surface area contributed by atoms with Gasteiger partial charge in [0.2, 0.25) is 6.79 Å². The van der Waals surface area contributed by atoms with Crippen LogP contribution in [0.3, 0.4) is 0 Å². The maximum Gasteiger partial charge on any atom is 0.251 e. The van der Waals surface area contributed by atoms with Crippen molar-refractivity contribution >= 4 is 5.91 Å². The van der Waals surface area contributed by atoms with E-state index in [1.807, 2.05) is 6.07 Å². The first-order chi connectivity index (χ1) is 16.2. The fourth-order valence-corrected chi connectivity index (χ4v) is 5.57. The van der Waals surface area contributed by atoms with E-state index in [0.717, 1.165) is 49.9 Å². The third-order valence-electron chi connectivity index (χ3n) is 7.60. The fourth-order valence-electron chi connectivity index (χ4n) is 5.57. The molecule has 0 spiro atoms. The largest absolute Gasteiger partial charge is 0.454 e. The number of para-hydroxylation sites is 1. The smallest absolute Gasteiger partial charge is 0.251 e. The lowest BCUT2D eigenvalue weighted by atomic mass is 9.83. The van der Waals surface area contributed by atoms with Gasteiger partial charge in [-0.2, -0.15) is 0 Å². The Kier molecular flexibility index (Phi) is 6.81. The van der Waals surface area contributed by atoms with Gasteiger partial charge in [0.15, 0.2) is 11.5 Å². The van der Waals surface area contributed by atoms with E-state index < -0.39 is 0 Å². The van der Waals surface area contributed by atoms with Crippen LogP contribution >= 0.6 is 0 Å². The molecule has 5 rings (SSSR count). The molecule has 5 nitrogen and oxygen atoms in total. The number of hydrogen-bond acceptors (Lipinski definition) is 4. The number of hydrogen-bond donors (Lipinski definition) is 1. The number of nitrogens with zero attached hydrogens (tertiary/aromatic N) is 1. The van der Waals surface area contributed by atoms with Gasteiger partial charge in [0.25, 0.3) is 5.91 Å². The van der Waals surface area contributed by atoms with Crippen molar-refractivity contribution in [2.45, 2.75) is 56.9 Å². The second-order valence-electron chi connectivity index (χ2n) is 9.68. The Morgan fingerprint density at radius 3 is 2.48 bits per heavy atom. The van der Waals surface area contributed by atoms with Crippen LogP contribution in [0.1, 0.15) is 66.8 Å². The van der Waals surface area contributed by atoms with E-state index in [0.29, 0.717) is 18.3 Å². The third-order valence-corrected chi connectivity index (χ3v) is 7.60. The summed E-state index contributed by atoms with van der Waals surface area (Å²) in [6, 6.07) is 12.3. The predicted molar refractivity (Wildman–Crippen MR) is 125 cm³/mol. The Morgan fingerprint density at radius 1 is 0.970 bits per heavy atom. The number of likely N-dealkylation sites (tertiary alicyclic amines) is 1. The number of amides is 1. The van der Waals surface area contributed by atoms with Crippen LogP contribution < -0.4 is 14.8 Å². The van der Waals surface area contributed by atoms with E-state index in [2.05, 4.69) is 22.3 Å². The quantitative estimate of drug-likeness (QED) is 0.662. The Bertz CT molecular complexity index is 948. The van der Waals surface area contributed by atoms with Crippen LogP contribution in [0.15, 0.2) is 42.5 Å². The van der Waals surface area contributed by atoms with Gasteiger partial charge < -0.3 is 19.7 Å². The molecule has 1 N–H and O–H groups in total. The summed E-state index contributed by atoms with van der Waals surface area (Å²) < 4.78 is 24.3. The first-order valence-corrected chi connectivity index (χ1v) is 12.3. The van der Waals surface area contributed by atoms with Gasteiger partial charge in [-0.15, -0.1) is 0 Å². The van der Waals surface area contributed by atoms with Crippen molar-refractivity contribution in [3.05, 3.63) is 59.4 Å². The monoisotopic (exact) mass is 452 g/mol. The van der Waals surface area contributed by atoms with Crippen molar-refractivity contribution in [2.75, 3.05) is 26.4 Å². The Balaban J connectivity index is 1.02. The number of piperidine rings is 1. The Morgan fingerprint density at radius 2 is 1.73 bits per heavy atom. The van der Waals surface area contributed by atoms with Crippen molar-refractivity contribution in [1.82, 2.24) is 10.2 Å². The number of benzene rings is 2. The molecule has 6 heteroatoms. The highest BCUT2D eigenvalue weighted by Gasteiger charge is 2.28. The van der Waals surface area contributed by atoms with Gasteiger partial charge in [0.05, 0.1) is 0 Å². The predicted octanol–water partition coefficient (Wildman–Crippen LogP) is 5.11. The number of halogens is 1. The van der Waals surface area contributed by atoms with Crippen LogP contribution in [0.2, 0.25) is 0 Å². The van der Waals surface area contributed by atoms with Crippen molar-refractivity contribution in [3.8, 4) is 11.5 Å². The Hall–Kier alpha value is -2.60. The SMILES string of the molecule is O=C(NC1CCC(CCN2CCC(c3cccc4c3OCO4)CC2)CC1)c1ccc(F)cc1. The number of nitrogens with one attached hydrogen (secondary N) is 1. The molecule has 1 saturated heterocycles. The maximum absolute atomic E-state index is 13.1. The summed E-state index contributed by atoms with van der Waals surface area (Å²) in [7, 11) is 0. The topological polar surface area (TPSA) is 50.8 Å². The van der Waals surface area contributed by atoms with Crippen LogP contribution in [0.5, 0.6) is 11.5 Å². The van der Waals surface area contributed by atoms with Crippen LogP contribution in [0.4, 0.5) is 4.39 Å². The molecule has 0 aromatic heterocycles.